The first-order valence-electron chi connectivity index (χ1n) is 7.88. The van der Waals surface area contributed by atoms with E-state index in [4.69, 9.17) is 4.43 Å². The molecule has 6 heteroatoms. The summed E-state index contributed by atoms with van der Waals surface area (Å²) >= 11 is 0. The maximum Gasteiger partial charge on any atom is 0.234 e. The van der Waals surface area contributed by atoms with Gasteiger partial charge < -0.3 is 4.43 Å². The molecule has 4 nitrogen and oxygen atoms in total. The average molecular weight is 356 g/mol. The Morgan fingerprint density at radius 1 is 1.26 bits per heavy atom. The van der Waals surface area contributed by atoms with Crippen LogP contribution in [0.3, 0.4) is 0 Å². The molecule has 1 amide bonds. The SMILES string of the molecule is Cc1ccc([S@](=O)NC(=O)C[C@H](C)O[Si](C)(C)C(C)(C)C)cc1. The second-order valence-electron chi connectivity index (χ2n) is 7.50. The van der Waals surface area contributed by atoms with Gasteiger partial charge in [-0.15, -0.1) is 0 Å². The fourth-order valence-electron chi connectivity index (χ4n) is 1.85. The van der Waals surface area contributed by atoms with Crippen molar-refractivity contribution >= 4 is 25.2 Å². The van der Waals surface area contributed by atoms with Crippen LogP contribution in [0, 0.1) is 6.92 Å². The largest absolute Gasteiger partial charge is 0.414 e. The van der Waals surface area contributed by atoms with Gasteiger partial charge in [-0.2, -0.15) is 0 Å². The highest BCUT2D eigenvalue weighted by atomic mass is 32.2. The summed E-state index contributed by atoms with van der Waals surface area (Å²) in [6.07, 6.45) is 0.0234. The van der Waals surface area contributed by atoms with Crippen molar-refractivity contribution in [3.8, 4) is 0 Å². The number of hydrogen-bond donors (Lipinski definition) is 1. The molecule has 0 radical (unpaired) electrons. The van der Waals surface area contributed by atoms with Crippen LogP contribution >= 0.6 is 0 Å². The summed E-state index contributed by atoms with van der Waals surface area (Å²) in [4.78, 5) is 12.7. The van der Waals surface area contributed by atoms with E-state index < -0.39 is 19.3 Å². The predicted molar refractivity (Wildman–Crippen MR) is 98.1 cm³/mol. The average Bonchev–Trinajstić information content (AvgIpc) is 2.36. The van der Waals surface area contributed by atoms with E-state index in [9.17, 15) is 9.00 Å². The second kappa shape index (κ2) is 7.72. The fraction of sp³-hybridized carbons (Fsp3) is 0.588. The highest BCUT2D eigenvalue weighted by Crippen LogP contribution is 2.37. The quantitative estimate of drug-likeness (QED) is 0.787. The van der Waals surface area contributed by atoms with Gasteiger partial charge in [0.1, 0.15) is 0 Å². The number of carbonyl (C=O) groups excluding carboxylic acids is 1. The molecule has 2 atom stereocenters. The van der Waals surface area contributed by atoms with Gasteiger partial charge in [0.2, 0.25) is 5.91 Å². The molecular weight excluding hydrogens is 326 g/mol. The van der Waals surface area contributed by atoms with Crippen LogP contribution in [-0.2, 0) is 20.2 Å². The molecule has 1 aromatic rings. The number of amides is 1. The Labute approximate surface area is 143 Å². The molecule has 0 aliphatic heterocycles. The van der Waals surface area contributed by atoms with Crippen molar-refractivity contribution in [3.05, 3.63) is 29.8 Å². The Morgan fingerprint density at radius 2 is 1.78 bits per heavy atom. The first kappa shape index (κ1) is 20.1. The van der Waals surface area contributed by atoms with Gasteiger partial charge >= 0.3 is 0 Å². The number of hydrogen-bond acceptors (Lipinski definition) is 3. The summed E-state index contributed by atoms with van der Waals surface area (Å²) in [7, 11) is -3.42. The third-order valence-corrected chi connectivity index (χ3v) is 9.93. The molecule has 0 fully saturated rings. The van der Waals surface area contributed by atoms with Crippen LogP contribution in [0.4, 0.5) is 0 Å². The van der Waals surface area contributed by atoms with Crippen molar-refractivity contribution in [3.63, 3.8) is 0 Å². The van der Waals surface area contributed by atoms with Crippen molar-refractivity contribution in [1.29, 1.82) is 0 Å². The fourth-order valence-corrected chi connectivity index (χ4v) is 4.08. The lowest BCUT2D eigenvalue weighted by Gasteiger charge is -2.38. The number of benzene rings is 1. The summed E-state index contributed by atoms with van der Waals surface area (Å²) in [5, 5.41) is 0.0997. The minimum atomic E-state index is -1.90. The number of rotatable bonds is 6. The zero-order valence-electron chi connectivity index (χ0n) is 15.2. The van der Waals surface area contributed by atoms with Crippen LogP contribution in [-0.4, -0.2) is 24.5 Å². The van der Waals surface area contributed by atoms with E-state index in [1.165, 1.54) is 0 Å². The monoisotopic (exact) mass is 355 g/mol. The molecule has 0 saturated carbocycles. The van der Waals surface area contributed by atoms with E-state index in [1.807, 2.05) is 26.0 Å². The molecule has 1 aromatic carbocycles. The second-order valence-corrected chi connectivity index (χ2v) is 13.5. The maximum absolute atomic E-state index is 12.1. The summed E-state index contributed by atoms with van der Waals surface area (Å²) < 4.78 is 20.8. The third-order valence-electron chi connectivity index (χ3n) is 4.22. The Kier molecular flexibility index (Phi) is 6.74. The van der Waals surface area contributed by atoms with Crippen LogP contribution in [0.15, 0.2) is 29.2 Å². The van der Waals surface area contributed by atoms with E-state index in [0.29, 0.717) is 4.90 Å². The number of nitrogens with one attached hydrogen (secondary N) is 1. The van der Waals surface area contributed by atoms with E-state index in [1.54, 1.807) is 12.1 Å². The molecule has 0 saturated heterocycles. The van der Waals surface area contributed by atoms with Gasteiger partial charge in [0, 0.05) is 0 Å². The van der Waals surface area contributed by atoms with E-state index in [-0.39, 0.29) is 23.5 Å². The van der Waals surface area contributed by atoms with Crippen molar-refractivity contribution in [2.45, 2.75) is 70.2 Å². The van der Waals surface area contributed by atoms with Gasteiger partial charge in [-0.1, -0.05) is 38.5 Å². The van der Waals surface area contributed by atoms with Gasteiger partial charge in [-0.25, -0.2) is 4.21 Å². The Morgan fingerprint density at radius 3 is 2.26 bits per heavy atom. The molecule has 0 unspecified atom stereocenters. The van der Waals surface area contributed by atoms with Gasteiger partial charge in [0.25, 0.3) is 0 Å². The van der Waals surface area contributed by atoms with Crippen LogP contribution in [0.5, 0.6) is 0 Å². The van der Waals surface area contributed by atoms with Gasteiger partial charge in [-0.05, 0) is 44.1 Å². The summed E-state index contributed by atoms with van der Waals surface area (Å²) in [5.41, 5.74) is 1.09. The maximum atomic E-state index is 12.1. The van der Waals surface area contributed by atoms with Gasteiger partial charge in [-0.3, -0.25) is 9.52 Å². The molecule has 130 valence electrons. The van der Waals surface area contributed by atoms with Crippen LogP contribution < -0.4 is 4.72 Å². The summed E-state index contributed by atoms with van der Waals surface area (Å²) in [6.45, 7) is 14.7. The Hall–Kier alpha value is -0.983. The lowest BCUT2D eigenvalue weighted by molar-refractivity contribution is -0.120. The Balaban J connectivity index is 2.56. The highest BCUT2D eigenvalue weighted by Gasteiger charge is 2.38. The third kappa shape index (κ3) is 6.20. The zero-order valence-corrected chi connectivity index (χ0v) is 17.0. The minimum Gasteiger partial charge on any atom is -0.414 e. The lowest BCUT2D eigenvalue weighted by atomic mass is 10.2. The lowest BCUT2D eigenvalue weighted by Crippen LogP contribution is -2.44. The standard InChI is InChI=1S/C17H29NO3SSi/c1-13-8-10-15(11-9-13)22(20)18-16(19)12-14(2)21-23(6,7)17(3,4)5/h8-11,14H,12H2,1-7H3,(H,18,19)/t14-,22-/m0/s1. The van der Waals surface area contributed by atoms with Gasteiger partial charge in [0.15, 0.2) is 19.3 Å². The normalized spacial score (nSPS) is 15.1. The smallest absolute Gasteiger partial charge is 0.234 e. The van der Waals surface area contributed by atoms with Crippen LogP contribution in [0.25, 0.3) is 0 Å². The first-order valence-corrected chi connectivity index (χ1v) is 11.9. The predicted octanol–water partition coefficient (Wildman–Crippen LogP) is 3.93. The van der Waals surface area contributed by atoms with Crippen molar-refractivity contribution in [1.82, 2.24) is 4.72 Å². The summed E-state index contributed by atoms with van der Waals surface area (Å²) in [6, 6.07) is 7.29. The molecule has 23 heavy (non-hydrogen) atoms. The number of carbonyl (C=O) groups is 1. The van der Waals surface area contributed by atoms with E-state index >= 15 is 0 Å². The molecule has 0 spiro atoms. The van der Waals surface area contributed by atoms with Crippen LogP contribution in [0.1, 0.15) is 39.7 Å². The molecule has 0 aliphatic rings. The minimum absolute atomic E-state index is 0.0997. The Bertz CT molecular complexity index is 564. The first-order chi connectivity index (χ1) is 10.4. The molecule has 0 aromatic heterocycles. The molecule has 0 heterocycles. The molecular formula is C17H29NO3SSi. The van der Waals surface area contributed by atoms with Crippen molar-refractivity contribution < 1.29 is 13.4 Å². The highest BCUT2D eigenvalue weighted by molar-refractivity contribution is 7.83. The molecule has 0 aliphatic carbocycles. The summed E-state index contributed by atoms with van der Waals surface area (Å²) in [5.74, 6) is -0.255. The van der Waals surface area contributed by atoms with E-state index in [2.05, 4.69) is 38.6 Å². The van der Waals surface area contributed by atoms with Crippen LogP contribution in [0.2, 0.25) is 18.1 Å². The van der Waals surface area contributed by atoms with Crippen molar-refractivity contribution in [2.24, 2.45) is 0 Å². The molecule has 1 N–H and O–H groups in total. The topological polar surface area (TPSA) is 55.4 Å². The zero-order chi connectivity index (χ0) is 17.8. The number of aryl methyl sites for hydroxylation is 1. The van der Waals surface area contributed by atoms with Crippen molar-refractivity contribution in [2.75, 3.05) is 0 Å². The van der Waals surface area contributed by atoms with Gasteiger partial charge in [0.05, 0.1) is 17.4 Å². The molecule has 1 rings (SSSR count). The molecule has 0 bridgehead atoms. The van der Waals surface area contributed by atoms with E-state index in [0.717, 1.165) is 5.56 Å².